The second kappa shape index (κ2) is 7.36. The fraction of sp³-hybridized carbons (Fsp3) is 0.462. The summed E-state index contributed by atoms with van der Waals surface area (Å²) in [6.45, 7) is 1.17. The fourth-order valence-electron chi connectivity index (χ4n) is 1.79. The van der Waals surface area contributed by atoms with Gasteiger partial charge in [0.1, 0.15) is 0 Å². The molecular formula is C13H20ClN3O. The predicted octanol–water partition coefficient (Wildman–Crippen LogP) is 1.24. The zero-order valence-electron chi connectivity index (χ0n) is 10.8. The summed E-state index contributed by atoms with van der Waals surface area (Å²) in [5.74, 6) is 0.00314. The maximum absolute atomic E-state index is 11.4. The third-order valence-electron chi connectivity index (χ3n) is 2.92. The van der Waals surface area contributed by atoms with Gasteiger partial charge >= 0.3 is 0 Å². The molecule has 0 heterocycles. The van der Waals surface area contributed by atoms with Gasteiger partial charge in [0.05, 0.1) is 0 Å². The molecule has 3 N–H and O–H groups in total. The van der Waals surface area contributed by atoms with Gasteiger partial charge in [-0.05, 0) is 24.7 Å². The molecule has 100 valence electrons. The van der Waals surface area contributed by atoms with Crippen LogP contribution in [0.2, 0.25) is 5.02 Å². The second-order valence-corrected chi connectivity index (χ2v) is 4.75. The number of likely N-dealkylation sites (N-methyl/N-ethyl adjacent to an activating group) is 1. The molecule has 0 fully saturated rings. The summed E-state index contributed by atoms with van der Waals surface area (Å²) in [6, 6.07) is 7.72. The van der Waals surface area contributed by atoms with Crippen molar-refractivity contribution in [2.45, 2.75) is 19.0 Å². The molecule has 0 aliphatic heterocycles. The lowest BCUT2D eigenvalue weighted by Gasteiger charge is -2.26. The zero-order chi connectivity index (χ0) is 13.5. The van der Waals surface area contributed by atoms with Crippen molar-refractivity contribution in [3.8, 4) is 0 Å². The number of hydrogen-bond acceptors (Lipinski definition) is 3. The highest BCUT2D eigenvalue weighted by molar-refractivity contribution is 6.30. The minimum absolute atomic E-state index is 0.00314. The molecule has 0 saturated heterocycles. The van der Waals surface area contributed by atoms with Gasteiger partial charge in [0.15, 0.2) is 0 Å². The number of carbonyl (C=O) groups is 1. The normalized spacial score (nSPS) is 12.5. The van der Waals surface area contributed by atoms with Crippen molar-refractivity contribution in [2.75, 3.05) is 20.6 Å². The van der Waals surface area contributed by atoms with Gasteiger partial charge in [0, 0.05) is 37.6 Å². The molecule has 0 aliphatic carbocycles. The highest BCUT2D eigenvalue weighted by Crippen LogP contribution is 2.13. The van der Waals surface area contributed by atoms with Crippen molar-refractivity contribution < 1.29 is 4.79 Å². The van der Waals surface area contributed by atoms with Gasteiger partial charge in [0.25, 0.3) is 0 Å². The molecular weight excluding hydrogens is 250 g/mol. The number of nitrogens with one attached hydrogen (secondary N) is 1. The molecule has 1 amide bonds. The molecule has 0 bridgehead atoms. The van der Waals surface area contributed by atoms with Crippen molar-refractivity contribution in [3.63, 3.8) is 0 Å². The van der Waals surface area contributed by atoms with Crippen LogP contribution in [0.4, 0.5) is 0 Å². The average Bonchev–Trinajstić information content (AvgIpc) is 2.35. The first-order valence-corrected chi connectivity index (χ1v) is 6.30. The number of nitrogens with two attached hydrogens (primary N) is 1. The van der Waals surface area contributed by atoms with Gasteiger partial charge in [0.2, 0.25) is 5.91 Å². The van der Waals surface area contributed by atoms with Crippen molar-refractivity contribution in [3.05, 3.63) is 34.9 Å². The minimum atomic E-state index is 0.00314. The molecule has 0 aromatic heterocycles. The second-order valence-electron chi connectivity index (χ2n) is 4.31. The van der Waals surface area contributed by atoms with Crippen LogP contribution >= 0.6 is 11.6 Å². The standard InChI is InChI=1S/C13H20ClN3O/c1-16-13(18)7-12(8-15)17(2)9-10-4-3-5-11(14)6-10/h3-6,12H,7-9,15H2,1-2H3,(H,16,18). The monoisotopic (exact) mass is 269 g/mol. The molecule has 1 atom stereocenters. The Morgan fingerprint density at radius 3 is 2.83 bits per heavy atom. The van der Waals surface area contributed by atoms with E-state index in [9.17, 15) is 4.79 Å². The summed E-state index contributed by atoms with van der Waals surface area (Å²) >= 11 is 5.94. The maximum atomic E-state index is 11.4. The smallest absolute Gasteiger partial charge is 0.221 e. The van der Waals surface area contributed by atoms with E-state index in [1.54, 1.807) is 7.05 Å². The summed E-state index contributed by atoms with van der Waals surface area (Å²) in [5.41, 5.74) is 6.82. The summed E-state index contributed by atoms with van der Waals surface area (Å²) in [7, 11) is 3.59. The van der Waals surface area contributed by atoms with E-state index >= 15 is 0 Å². The van der Waals surface area contributed by atoms with Crippen molar-refractivity contribution in [2.24, 2.45) is 5.73 Å². The van der Waals surface area contributed by atoms with Crippen LogP contribution in [0.5, 0.6) is 0 Å². The molecule has 0 saturated carbocycles. The third kappa shape index (κ3) is 4.64. The molecule has 5 heteroatoms. The van der Waals surface area contributed by atoms with Crippen molar-refractivity contribution >= 4 is 17.5 Å². The molecule has 1 rings (SSSR count). The lowest BCUT2D eigenvalue weighted by Crippen LogP contribution is -2.41. The molecule has 4 nitrogen and oxygen atoms in total. The van der Waals surface area contributed by atoms with Crippen LogP contribution in [-0.4, -0.2) is 37.5 Å². The Labute approximate surface area is 113 Å². The summed E-state index contributed by atoms with van der Waals surface area (Å²) in [6.07, 6.45) is 0.407. The first-order chi connectivity index (χ1) is 8.56. The fourth-order valence-corrected chi connectivity index (χ4v) is 2.00. The minimum Gasteiger partial charge on any atom is -0.359 e. The predicted molar refractivity (Wildman–Crippen MR) is 74.4 cm³/mol. The molecule has 1 unspecified atom stereocenters. The number of halogens is 1. The largest absolute Gasteiger partial charge is 0.359 e. The maximum Gasteiger partial charge on any atom is 0.221 e. The number of carbonyl (C=O) groups excluding carboxylic acids is 1. The van der Waals surface area contributed by atoms with Gasteiger partial charge in [-0.3, -0.25) is 9.69 Å². The summed E-state index contributed by atoms with van der Waals surface area (Å²) < 4.78 is 0. The Kier molecular flexibility index (Phi) is 6.12. The number of benzene rings is 1. The molecule has 1 aromatic rings. The Bertz CT molecular complexity index is 398. The van der Waals surface area contributed by atoms with Crippen LogP contribution in [0.25, 0.3) is 0 Å². The van der Waals surface area contributed by atoms with E-state index in [1.165, 1.54) is 0 Å². The first-order valence-electron chi connectivity index (χ1n) is 5.92. The lowest BCUT2D eigenvalue weighted by atomic mass is 10.1. The third-order valence-corrected chi connectivity index (χ3v) is 3.15. The van der Waals surface area contributed by atoms with E-state index in [0.29, 0.717) is 13.0 Å². The van der Waals surface area contributed by atoms with E-state index in [2.05, 4.69) is 10.2 Å². The topological polar surface area (TPSA) is 58.4 Å². The highest BCUT2D eigenvalue weighted by Gasteiger charge is 2.16. The Balaban J connectivity index is 2.61. The van der Waals surface area contributed by atoms with Crippen LogP contribution in [0.15, 0.2) is 24.3 Å². The Morgan fingerprint density at radius 1 is 1.56 bits per heavy atom. The van der Waals surface area contributed by atoms with Crippen LogP contribution in [0.1, 0.15) is 12.0 Å². The number of rotatable bonds is 6. The lowest BCUT2D eigenvalue weighted by molar-refractivity contribution is -0.121. The van der Waals surface area contributed by atoms with E-state index in [4.69, 9.17) is 17.3 Å². The van der Waals surface area contributed by atoms with E-state index in [1.807, 2.05) is 31.3 Å². The van der Waals surface area contributed by atoms with Crippen LogP contribution in [0.3, 0.4) is 0 Å². The quantitative estimate of drug-likeness (QED) is 0.817. The van der Waals surface area contributed by atoms with Crippen LogP contribution < -0.4 is 11.1 Å². The van der Waals surface area contributed by atoms with Gasteiger partial charge in [-0.15, -0.1) is 0 Å². The Morgan fingerprint density at radius 2 is 2.28 bits per heavy atom. The van der Waals surface area contributed by atoms with E-state index < -0.39 is 0 Å². The van der Waals surface area contributed by atoms with Gasteiger partial charge in [-0.1, -0.05) is 23.7 Å². The number of amides is 1. The van der Waals surface area contributed by atoms with E-state index in [-0.39, 0.29) is 11.9 Å². The zero-order valence-corrected chi connectivity index (χ0v) is 11.6. The van der Waals surface area contributed by atoms with Crippen molar-refractivity contribution in [1.29, 1.82) is 0 Å². The molecule has 18 heavy (non-hydrogen) atoms. The summed E-state index contributed by atoms with van der Waals surface area (Å²) in [5, 5.41) is 3.33. The average molecular weight is 270 g/mol. The Hall–Kier alpha value is -1.10. The summed E-state index contributed by atoms with van der Waals surface area (Å²) in [4.78, 5) is 13.4. The number of hydrogen-bond donors (Lipinski definition) is 2. The molecule has 1 aromatic carbocycles. The highest BCUT2D eigenvalue weighted by atomic mass is 35.5. The van der Waals surface area contributed by atoms with Crippen molar-refractivity contribution in [1.82, 2.24) is 10.2 Å². The van der Waals surface area contributed by atoms with Gasteiger partial charge in [-0.25, -0.2) is 0 Å². The SMILES string of the molecule is CNC(=O)CC(CN)N(C)Cc1cccc(Cl)c1. The first kappa shape index (κ1) is 15.0. The van der Waals surface area contributed by atoms with Crippen LogP contribution in [-0.2, 0) is 11.3 Å². The molecule has 0 spiro atoms. The van der Waals surface area contributed by atoms with Gasteiger partial charge in [-0.2, -0.15) is 0 Å². The molecule has 0 aliphatic rings. The van der Waals surface area contributed by atoms with Gasteiger partial charge < -0.3 is 11.1 Å². The number of nitrogens with zero attached hydrogens (tertiary/aromatic N) is 1. The van der Waals surface area contributed by atoms with E-state index in [0.717, 1.165) is 17.1 Å². The molecule has 0 radical (unpaired) electrons. The van der Waals surface area contributed by atoms with Crippen LogP contribution in [0, 0.1) is 0 Å².